The van der Waals surface area contributed by atoms with E-state index in [-0.39, 0.29) is 36.0 Å². The van der Waals surface area contributed by atoms with Gasteiger partial charge in [-0.3, -0.25) is 9.59 Å². The molecule has 2 N–H and O–H groups in total. The van der Waals surface area contributed by atoms with Crippen molar-refractivity contribution in [3.05, 3.63) is 42.2 Å². The summed E-state index contributed by atoms with van der Waals surface area (Å²) in [5.74, 6) is 0.547. The molecule has 0 aliphatic carbocycles. The van der Waals surface area contributed by atoms with E-state index in [1.165, 1.54) is 4.90 Å². The van der Waals surface area contributed by atoms with Gasteiger partial charge in [0.15, 0.2) is 0 Å². The van der Waals surface area contributed by atoms with E-state index in [9.17, 15) is 9.59 Å². The monoisotopic (exact) mass is 358 g/mol. The molecule has 1 fully saturated rings. The van der Waals surface area contributed by atoms with Crippen LogP contribution < -0.4 is 15.5 Å². The SMILES string of the molecule is COc1cccc(C2CC3C(=O)N(CC(=O)NC(C)(C)C)C=CN3N2)c1. The fourth-order valence-corrected chi connectivity index (χ4v) is 3.26. The van der Waals surface area contributed by atoms with Gasteiger partial charge in [0, 0.05) is 17.9 Å². The van der Waals surface area contributed by atoms with Gasteiger partial charge in [0.2, 0.25) is 5.91 Å². The zero-order chi connectivity index (χ0) is 18.9. The summed E-state index contributed by atoms with van der Waals surface area (Å²) < 4.78 is 5.28. The molecule has 0 radical (unpaired) electrons. The Hall–Kier alpha value is -2.54. The van der Waals surface area contributed by atoms with Crippen LogP contribution in [0.2, 0.25) is 0 Å². The molecule has 0 aromatic heterocycles. The van der Waals surface area contributed by atoms with Gasteiger partial charge in [-0.1, -0.05) is 12.1 Å². The summed E-state index contributed by atoms with van der Waals surface area (Å²) >= 11 is 0. The van der Waals surface area contributed by atoms with E-state index in [4.69, 9.17) is 4.74 Å². The van der Waals surface area contributed by atoms with Crippen molar-refractivity contribution in [1.82, 2.24) is 20.7 Å². The number of rotatable bonds is 4. The zero-order valence-electron chi connectivity index (χ0n) is 15.7. The number of methoxy groups -OCH3 is 1. The second kappa shape index (κ2) is 6.99. The van der Waals surface area contributed by atoms with Gasteiger partial charge < -0.3 is 20.0 Å². The number of nitrogens with zero attached hydrogens (tertiary/aromatic N) is 2. The number of carbonyl (C=O) groups is 2. The van der Waals surface area contributed by atoms with Crippen molar-refractivity contribution in [2.24, 2.45) is 0 Å². The third-order valence-electron chi connectivity index (χ3n) is 4.40. The summed E-state index contributed by atoms with van der Waals surface area (Å²) in [5.41, 5.74) is 4.09. The van der Waals surface area contributed by atoms with Gasteiger partial charge in [-0.2, -0.15) is 0 Å². The van der Waals surface area contributed by atoms with Crippen LogP contribution in [-0.2, 0) is 9.59 Å². The van der Waals surface area contributed by atoms with Crippen LogP contribution in [0.5, 0.6) is 5.75 Å². The Morgan fingerprint density at radius 2 is 2.12 bits per heavy atom. The molecule has 0 spiro atoms. The summed E-state index contributed by atoms with van der Waals surface area (Å²) in [7, 11) is 1.64. The number of benzene rings is 1. The second-order valence-corrected chi connectivity index (χ2v) is 7.68. The first-order valence-corrected chi connectivity index (χ1v) is 8.75. The smallest absolute Gasteiger partial charge is 0.251 e. The van der Waals surface area contributed by atoms with Crippen molar-refractivity contribution >= 4 is 11.8 Å². The molecule has 1 saturated heterocycles. The van der Waals surface area contributed by atoms with Gasteiger partial charge in [0.25, 0.3) is 5.91 Å². The van der Waals surface area contributed by atoms with Crippen molar-refractivity contribution in [3.63, 3.8) is 0 Å². The molecule has 1 aromatic rings. The molecule has 2 atom stereocenters. The standard InChI is InChI=1S/C19H26N4O3/c1-19(2,3)20-17(24)12-22-8-9-23-16(18(22)25)11-15(21-23)13-6-5-7-14(10-13)26-4/h5-10,15-16,21H,11-12H2,1-4H3,(H,20,24). The normalized spacial score (nSPS) is 22.4. The summed E-state index contributed by atoms with van der Waals surface area (Å²) in [6, 6.07) is 7.52. The highest BCUT2D eigenvalue weighted by Crippen LogP contribution is 2.32. The number of fused-ring (bicyclic) bond motifs is 1. The molecule has 2 unspecified atom stereocenters. The molecule has 2 amide bonds. The molecular formula is C19H26N4O3. The highest BCUT2D eigenvalue weighted by atomic mass is 16.5. The largest absolute Gasteiger partial charge is 0.497 e. The minimum absolute atomic E-state index is 0.0204. The van der Waals surface area contributed by atoms with Crippen LogP contribution in [-0.4, -0.2) is 47.0 Å². The number of ether oxygens (including phenoxy) is 1. The highest BCUT2D eigenvalue weighted by Gasteiger charge is 2.40. The van der Waals surface area contributed by atoms with E-state index in [2.05, 4.69) is 10.7 Å². The van der Waals surface area contributed by atoms with E-state index in [0.717, 1.165) is 11.3 Å². The molecule has 0 bridgehead atoms. The van der Waals surface area contributed by atoms with E-state index >= 15 is 0 Å². The van der Waals surface area contributed by atoms with Gasteiger partial charge >= 0.3 is 0 Å². The van der Waals surface area contributed by atoms with Crippen LogP contribution in [0, 0.1) is 0 Å². The first-order chi connectivity index (χ1) is 12.3. The van der Waals surface area contributed by atoms with Crippen LogP contribution in [0.1, 0.15) is 38.8 Å². The van der Waals surface area contributed by atoms with Crippen molar-refractivity contribution in [2.45, 2.75) is 44.8 Å². The van der Waals surface area contributed by atoms with Gasteiger partial charge in [0.05, 0.1) is 13.2 Å². The second-order valence-electron chi connectivity index (χ2n) is 7.68. The number of hydrazine groups is 1. The Kier molecular flexibility index (Phi) is 4.91. The minimum Gasteiger partial charge on any atom is -0.497 e. The topological polar surface area (TPSA) is 73.9 Å². The Balaban J connectivity index is 1.67. The molecule has 140 valence electrons. The molecular weight excluding hydrogens is 332 g/mol. The summed E-state index contributed by atoms with van der Waals surface area (Å²) in [5, 5.41) is 4.71. The highest BCUT2D eigenvalue weighted by molar-refractivity contribution is 5.89. The number of amides is 2. The third-order valence-corrected chi connectivity index (χ3v) is 4.40. The van der Waals surface area contributed by atoms with Crippen molar-refractivity contribution < 1.29 is 14.3 Å². The van der Waals surface area contributed by atoms with Crippen molar-refractivity contribution in [2.75, 3.05) is 13.7 Å². The molecule has 7 heteroatoms. The van der Waals surface area contributed by atoms with E-state index < -0.39 is 0 Å². The van der Waals surface area contributed by atoms with Crippen molar-refractivity contribution in [3.8, 4) is 5.75 Å². The first kappa shape index (κ1) is 18.3. The molecule has 1 aromatic carbocycles. The molecule has 26 heavy (non-hydrogen) atoms. The maximum Gasteiger partial charge on any atom is 0.251 e. The lowest BCUT2D eigenvalue weighted by molar-refractivity contribution is -0.138. The molecule has 3 rings (SSSR count). The fraction of sp³-hybridized carbons (Fsp3) is 0.474. The number of carbonyl (C=O) groups excluding carboxylic acids is 2. The maximum absolute atomic E-state index is 12.8. The first-order valence-electron chi connectivity index (χ1n) is 8.75. The molecule has 2 heterocycles. The third kappa shape index (κ3) is 3.99. The molecule has 7 nitrogen and oxygen atoms in total. The molecule has 0 saturated carbocycles. The van der Waals surface area contributed by atoms with Crippen LogP contribution >= 0.6 is 0 Å². The van der Waals surface area contributed by atoms with Crippen LogP contribution in [0.15, 0.2) is 36.7 Å². The lowest BCUT2D eigenvalue weighted by Gasteiger charge is -2.32. The number of hydrogen-bond donors (Lipinski definition) is 2. The van der Waals surface area contributed by atoms with Crippen molar-refractivity contribution in [1.29, 1.82) is 0 Å². The van der Waals surface area contributed by atoms with Crippen LogP contribution in [0.4, 0.5) is 0 Å². The minimum atomic E-state index is -0.321. The van der Waals surface area contributed by atoms with Gasteiger partial charge in [-0.25, -0.2) is 5.43 Å². The van der Waals surface area contributed by atoms with E-state index in [0.29, 0.717) is 6.42 Å². The van der Waals surface area contributed by atoms with Crippen LogP contribution in [0.3, 0.4) is 0 Å². The predicted octanol–water partition coefficient (Wildman–Crippen LogP) is 1.54. The summed E-state index contributed by atoms with van der Waals surface area (Å²) in [6.45, 7) is 5.78. The summed E-state index contributed by atoms with van der Waals surface area (Å²) in [4.78, 5) is 26.4. The zero-order valence-corrected chi connectivity index (χ0v) is 15.7. The number of nitrogens with one attached hydrogen (secondary N) is 2. The predicted molar refractivity (Wildman–Crippen MR) is 97.9 cm³/mol. The quantitative estimate of drug-likeness (QED) is 0.854. The summed E-state index contributed by atoms with van der Waals surface area (Å²) in [6.07, 6.45) is 4.10. The maximum atomic E-state index is 12.8. The average Bonchev–Trinajstić information content (AvgIpc) is 3.01. The van der Waals surface area contributed by atoms with Gasteiger partial charge in [-0.15, -0.1) is 0 Å². The van der Waals surface area contributed by atoms with E-state index in [1.807, 2.05) is 56.2 Å². The van der Waals surface area contributed by atoms with Gasteiger partial charge in [-0.05, 0) is 44.9 Å². The molecule has 2 aliphatic heterocycles. The lowest BCUT2D eigenvalue weighted by atomic mass is 10.0. The molecule has 2 aliphatic rings. The van der Waals surface area contributed by atoms with Crippen LogP contribution in [0.25, 0.3) is 0 Å². The Labute approximate surface area is 154 Å². The lowest BCUT2D eigenvalue weighted by Crippen LogP contribution is -2.52. The Bertz CT molecular complexity index is 726. The number of hydrogen-bond acceptors (Lipinski definition) is 5. The average molecular weight is 358 g/mol. The Morgan fingerprint density at radius 3 is 2.81 bits per heavy atom. The van der Waals surface area contributed by atoms with E-state index in [1.54, 1.807) is 13.3 Å². The van der Waals surface area contributed by atoms with Gasteiger partial charge in [0.1, 0.15) is 18.3 Å². The Morgan fingerprint density at radius 1 is 1.35 bits per heavy atom. The fourth-order valence-electron chi connectivity index (χ4n) is 3.26.